The molecule has 1 aromatic carbocycles. The van der Waals surface area contributed by atoms with Crippen LogP contribution in [0.25, 0.3) is 0 Å². The van der Waals surface area contributed by atoms with E-state index in [1.165, 1.54) is 0 Å². The van der Waals surface area contributed by atoms with Gasteiger partial charge in [-0.1, -0.05) is 19.4 Å². The largest absolute Gasteiger partial charge is 0.484 e. The molecule has 100 valence electrons. The monoisotopic (exact) mass is 249 g/mol. The Hall–Kier alpha value is -1.51. The molecule has 0 saturated carbocycles. The van der Waals surface area contributed by atoms with E-state index >= 15 is 0 Å². The lowest BCUT2D eigenvalue weighted by Crippen LogP contribution is -2.35. The van der Waals surface area contributed by atoms with Crippen LogP contribution in [0.4, 0.5) is 0 Å². The van der Waals surface area contributed by atoms with Crippen molar-refractivity contribution < 1.29 is 9.53 Å². The quantitative estimate of drug-likeness (QED) is 0.841. The lowest BCUT2D eigenvalue weighted by atomic mass is 10.1. The summed E-state index contributed by atoms with van der Waals surface area (Å²) in [7, 11) is 0. The Kier molecular flexibility index (Phi) is 5.69. The highest BCUT2D eigenvalue weighted by molar-refractivity contribution is 5.77. The number of hydrogen-bond acceptors (Lipinski definition) is 2. The van der Waals surface area contributed by atoms with Crippen molar-refractivity contribution >= 4 is 5.91 Å². The SMILES string of the molecule is CCC[C@@H](C)NC(=O)COc1cc(C)cc(C)c1. The van der Waals surface area contributed by atoms with Crippen LogP contribution in [-0.2, 0) is 4.79 Å². The van der Waals surface area contributed by atoms with Crippen molar-refractivity contribution in [2.24, 2.45) is 0 Å². The third-order valence-electron chi connectivity index (χ3n) is 2.69. The molecule has 18 heavy (non-hydrogen) atoms. The number of aryl methyl sites for hydroxylation is 2. The number of benzene rings is 1. The van der Waals surface area contributed by atoms with Gasteiger partial charge in [-0.2, -0.15) is 0 Å². The normalized spacial score (nSPS) is 12.0. The lowest BCUT2D eigenvalue weighted by Gasteiger charge is -2.13. The molecule has 3 nitrogen and oxygen atoms in total. The molecule has 0 spiro atoms. The van der Waals surface area contributed by atoms with E-state index < -0.39 is 0 Å². The van der Waals surface area contributed by atoms with Gasteiger partial charge in [0.2, 0.25) is 0 Å². The number of rotatable bonds is 6. The molecule has 0 radical (unpaired) electrons. The maximum atomic E-state index is 11.6. The van der Waals surface area contributed by atoms with Crippen molar-refractivity contribution in [2.75, 3.05) is 6.61 Å². The van der Waals surface area contributed by atoms with Gasteiger partial charge in [0.25, 0.3) is 5.91 Å². The summed E-state index contributed by atoms with van der Waals surface area (Å²) in [6, 6.07) is 6.17. The highest BCUT2D eigenvalue weighted by atomic mass is 16.5. The molecular formula is C15H23NO2. The lowest BCUT2D eigenvalue weighted by molar-refractivity contribution is -0.123. The van der Waals surface area contributed by atoms with Crippen LogP contribution in [0.15, 0.2) is 18.2 Å². The van der Waals surface area contributed by atoms with Gasteiger partial charge in [-0.25, -0.2) is 0 Å². The van der Waals surface area contributed by atoms with Gasteiger partial charge in [0.1, 0.15) is 5.75 Å². The van der Waals surface area contributed by atoms with Crippen molar-refractivity contribution in [2.45, 2.75) is 46.6 Å². The van der Waals surface area contributed by atoms with Gasteiger partial charge in [-0.15, -0.1) is 0 Å². The van der Waals surface area contributed by atoms with Gasteiger partial charge in [0, 0.05) is 6.04 Å². The van der Waals surface area contributed by atoms with Gasteiger partial charge in [-0.3, -0.25) is 4.79 Å². The van der Waals surface area contributed by atoms with Crippen LogP contribution < -0.4 is 10.1 Å². The van der Waals surface area contributed by atoms with E-state index in [0.29, 0.717) is 0 Å². The first-order valence-electron chi connectivity index (χ1n) is 6.51. The van der Waals surface area contributed by atoms with Gasteiger partial charge in [0.15, 0.2) is 6.61 Å². The highest BCUT2D eigenvalue weighted by Gasteiger charge is 2.07. The zero-order valence-corrected chi connectivity index (χ0v) is 11.7. The summed E-state index contributed by atoms with van der Waals surface area (Å²) in [5.41, 5.74) is 2.29. The minimum atomic E-state index is -0.0601. The minimum absolute atomic E-state index is 0.0601. The first-order chi connectivity index (χ1) is 8.51. The van der Waals surface area contributed by atoms with Crippen molar-refractivity contribution in [1.29, 1.82) is 0 Å². The number of nitrogens with one attached hydrogen (secondary N) is 1. The number of carbonyl (C=O) groups excluding carboxylic acids is 1. The molecule has 0 fully saturated rings. The van der Waals surface area contributed by atoms with Crippen LogP contribution >= 0.6 is 0 Å². The fourth-order valence-corrected chi connectivity index (χ4v) is 1.99. The molecule has 1 aromatic rings. The van der Waals surface area contributed by atoms with E-state index in [1.807, 2.05) is 32.9 Å². The third kappa shape index (κ3) is 5.21. The number of ether oxygens (including phenoxy) is 1. The fourth-order valence-electron chi connectivity index (χ4n) is 1.99. The van der Waals surface area contributed by atoms with Crippen molar-refractivity contribution in [3.63, 3.8) is 0 Å². The summed E-state index contributed by atoms with van der Waals surface area (Å²) < 4.78 is 5.50. The Morgan fingerprint density at radius 1 is 1.28 bits per heavy atom. The predicted octanol–water partition coefficient (Wildman–Crippen LogP) is 2.99. The topological polar surface area (TPSA) is 38.3 Å². The molecule has 1 amide bonds. The third-order valence-corrected chi connectivity index (χ3v) is 2.69. The molecule has 0 aliphatic rings. The molecule has 0 unspecified atom stereocenters. The van der Waals surface area contributed by atoms with Crippen molar-refractivity contribution in [1.82, 2.24) is 5.32 Å². The molecular weight excluding hydrogens is 226 g/mol. The molecule has 1 atom stereocenters. The molecule has 1 rings (SSSR count). The van der Waals surface area contributed by atoms with Crippen molar-refractivity contribution in [3.8, 4) is 5.75 Å². The van der Waals surface area contributed by atoms with Gasteiger partial charge in [0.05, 0.1) is 0 Å². The Morgan fingerprint density at radius 3 is 2.44 bits per heavy atom. The molecule has 1 N–H and O–H groups in total. The number of amides is 1. The Labute approximate surface area is 110 Å². The molecule has 0 aliphatic carbocycles. The second-order valence-corrected chi connectivity index (χ2v) is 4.87. The van der Waals surface area contributed by atoms with E-state index in [-0.39, 0.29) is 18.6 Å². The van der Waals surface area contributed by atoms with Gasteiger partial charge < -0.3 is 10.1 Å². The molecule has 3 heteroatoms. The molecule has 0 bridgehead atoms. The Balaban J connectivity index is 2.42. The molecule has 0 aliphatic heterocycles. The molecule has 0 saturated heterocycles. The standard InChI is InChI=1S/C15H23NO2/c1-5-6-13(4)16-15(17)10-18-14-8-11(2)7-12(3)9-14/h7-9,13H,5-6,10H2,1-4H3,(H,16,17)/t13-/m1/s1. The Bertz CT molecular complexity index is 381. The second kappa shape index (κ2) is 7.04. The summed E-state index contributed by atoms with van der Waals surface area (Å²) >= 11 is 0. The van der Waals surface area contributed by atoms with E-state index in [1.54, 1.807) is 0 Å². The summed E-state index contributed by atoms with van der Waals surface area (Å²) in [6.45, 7) is 8.23. The Morgan fingerprint density at radius 2 is 1.89 bits per heavy atom. The average Bonchev–Trinajstić information content (AvgIpc) is 2.25. The smallest absolute Gasteiger partial charge is 0.258 e. The van der Waals surface area contributed by atoms with Gasteiger partial charge >= 0.3 is 0 Å². The molecule has 0 aromatic heterocycles. The maximum absolute atomic E-state index is 11.6. The maximum Gasteiger partial charge on any atom is 0.258 e. The van der Waals surface area contributed by atoms with Crippen LogP contribution in [0.2, 0.25) is 0 Å². The number of hydrogen-bond donors (Lipinski definition) is 1. The molecule has 0 heterocycles. The highest BCUT2D eigenvalue weighted by Crippen LogP contribution is 2.15. The van der Waals surface area contributed by atoms with Crippen LogP contribution in [0.3, 0.4) is 0 Å². The number of carbonyl (C=O) groups is 1. The summed E-state index contributed by atoms with van der Waals surface area (Å²) in [5.74, 6) is 0.695. The van der Waals surface area contributed by atoms with Crippen LogP contribution in [0.1, 0.15) is 37.8 Å². The van der Waals surface area contributed by atoms with E-state index in [9.17, 15) is 4.79 Å². The fraction of sp³-hybridized carbons (Fsp3) is 0.533. The summed E-state index contributed by atoms with van der Waals surface area (Å²) in [5, 5.41) is 2.92. The van der Waals surface area contributed by atoms with E-state index in [2.05, 4.69) is 18.3 Å². The minimum Gasteiger partial charge on any atom is -0.484 e. The van der Waals surface area contributed by atoms with Crippen molar-refractivity contribution in [3.05, 3.63) is 29.3 Å². The van der Waals surface area contributed by atoms with E-state index in [0.717, 1.165) is 29.7 Å². The first kappa shape index (κ1) is 14.6. The zero-order valence-electron chi connectivity index (χ0n) is 11.7. The predicted molar refractivity (Wildman–Crippen MR) is 73.9 cm³/mol. The second-order valence-electron chi connectivity index (χ2n) is 4.87. The van der Waals surface area contributed by atoms with Gasteiger partial charge in [-0.05, 0) is 50.5 Å². The average molecular weight is 249 g/mol. The first-order valence-corrected chi connectivity index (χ1v) is 6.51. The van der Waals surface area contributed by atoms with E-state index in [4.69, 9.17) is 4.74 Å². The summed E-state index contributed by atoms with van der Waals surface area (Å²) in [6.07, 6.45) is 2.06. The summed E-state index contributed by atoms with van der Waals surface area (Å²) in [4.78, 5) is 11.6. The zero-order chi connectivity index (χ0) is 13.5. The van der Waals surface area contributed by atoms with Crippen LogP contribution in [-0.4, -0.2) is 18.6 Å². The van der Waals surface area contributed by atoms with Crippen LogP contribution in [0.5, 0.6) is 5.75 Å². The van der Waals surface area contributed by atoms with Crippen LogP contribution in [0, 0.1) is 13.8 Å².